The molecule has 0 radical (unpaired) electrons. The molecule has 0 aliphatic rings. The van der Waals surface area contributed by atoms with Gasteiger partial charge in [-0.25, -0.2) is 9.18 Å². The lowest BCUT2D eigenvalue weighted by atomic mass is 10.2. The van der Waals surface area contributed by atoms with E-state index in [1.54, 1.807) is 24.3 Å². The van der Waals surface area contributed by atoms with Crippen LogP contribution in [0.2, 0.25) is 0 Å². The van der Waals surface area contributed by atoms with E-state index in [4.69, 9.17) is 9.84 Å². The molecule has 102 valence electrons. The lowest BCUT2D eigenvalue weighted by molar-refractivity contribution is -0.131. The summed E-state index contributed by atoms with van der Waals surface area (Å²) in [6, 6.07) is 11.3. The highest BCUT2D eigenvalue weighted by Crippen LogP contribution is 2.27. The van der Waals surface area contributed by atoms with Gasteiger partial charge in [-0.05, 0) is 57.9 Å². The number of carboxylic acids is 1. The number of benzene rings is 2. The molecule has 0 bridgehead atoms. The van der Waals surface area contributed by atoms with E-state index in [1.165, 1.54) is 24.3 Å². The van der Waals surface area contributed by atoms with E-state index in [1.807, 2.05) is 0 Å². The van der Waals surface area contributed by atoms with Gasteiger partial charge < -0.3 is 9.84 Å². The molecular formula is C15H10BrFO3. The molecule has 2 rings (SSSR count). The van der Waals surface area contributed by atoms with E-state index in [9.17, 15) is 9.18 Å². The zero-order valence-corrected chi connectivity index (χ0v) is 11.8. The molecule has 2 aromatic rings. The molecule has 0 unspecified atom stereocenters. The van der Waals surface area contributed by atoms with Crippen LogP contribution >= 0.6 is 15.9 Å². The quantitative estimate of drug-likeness (QED) is 0.837. The van der Waals surface area contributed by atoms with Crippen LogP contribution in [0.5, 0.6) is 11.5 Å². The van der Waals surface area contributed by atoms with E-state index < -0.39 is 5.97 Å². The summed E-state index contributed by atoms with van der Waals surface area (Å²) >= 11 is 3.08. The Morgan fingerprint density at radius 1 is 1.20 bits per heavy atom. The number of carbonyl (C=O) groups is 1. The molecule has 2 aromatic carbocycles. The molecule has 0 saturated carbocycles. The van der Waals surface area contributed by atoms with Crippen molar-refractivity contribution in [2.45, 2.75) is 0 Å². The van der Waals surface area contributed by atoms with Crippen molar-refractivity contribution < 1.29 is 19.0 Å². The van der Waals surface area contributed by atoms with Crippen LogP contribution in [-0.2, 0) is 4.79 Å². The van der Waals surface area contributed by atoms with Gasteiger partial charge in [0, 0.05) is 6.08 Å². The number of hydrogen-bond donors (Lipinski definition) is 1. The van der Waals surface area contributed by atoms with Gasteiger partial charge >= 0.3 is 5.97 Å². The molecule has 0 heterocycles. The number of rotatable bonds is 4. The summed E-state index contributed by atoms with van der Waals surface area (Å²) in [5, 5.41) is 8.58. The van der Waals surface area contributed by atoms with Gasteiger partial charge in [0.05, 0.1) is 4.47 Å². The van der Waals surface area contributed by atoms with E-state index in [0.29, 0.717) is 21.5 Å². The molecule has 0 aliphatic heterocycles. The largest absolute Gasteiger partial charge is 0.478 e. The van der Waals surface area contributed by atoms with Crippen LogP contribution in [0.25, 0.3) is 6.08 Å². The molecule has 0 amide bonds. The smallest absolute Gasteiger partial charge is 0.328 e. The summed E-state index contributed by atoms with van der Waals surface area (Å²) in [6.07, 6.45) is 2.52. The van der Waals surface area contributed by atoms with Crippen LogP contribution < -0.4 is 4.74 Å². The molecule has 3 nitrogen and oxygen atoms in total. The Balaban J connectivity index is 2.19. The van der Waals surface area contributed by atoms with E-state index in [0.717, 1.165) is 6.08 Å². The first-order valence-electron chi connectivity index (χ1n) is 5.68. The highest BCUT2D eigenvalue weighted by atomic mass is 79.9. The van der Waals surface area contributed by atoms with Crippen molar-refractivity contribution in [3.8, 4) is 11.5 Å². The number of hydrogen-bond acceptors (Lipinski definition) is 2. The van der Waals surface area contributed by atoms with Gasteiger partial charge in [-0.3, -0.25) is 0 Å². The van der Waals surface area contributed by atoms with Gasteiger partial charge in [0.15, 0.2) is 0 Å². The first-order chi connectivity index (χ1) is 9.54. The molecule has 0 aromatic heterocycles. The summed E-state index contributed by atoms with van der Waals surface area (Å²) in [5.41, 5.74) is 0.700. The van der Waals surface area contributed by atoms with Gasteiger partial charge in [0.1, 0.15) is 17.3 Å². The lowest BCUT2D eigenvalue weighted by Gasteiger charge is -2.07. The lowest BCUT2D eigenvalue weighted by Crippen LogP contribution is -1.88. The first-order valence-corrected chi connectivity index (χ1v) is 6.48. The second-order valence-corrected chi connectivity index (χ2v) is 4.78. The Morgan fingerprint density at radius 3 is 2.65 bits per heavy atom. The van der Waals surface area contributed by atoms with Crippen molar-refractivity contribution in [2.75, 3.05) is 0 Å². The minimum Gasteiger partial charge on any atom is -0.478 e. The molecule has 0 spiro atoms. The Bertz CT molecular complexity index is 668. The third-order valence-electron chi connectivity index (χ3n) is 2.40. The van der Waals surface area contributed by atoms with Crippen molar-refractivity contribution in [2.24, 2.45) is 0 Å². The fraction of sp³-hybridized carbons (Fsp3) is 0. The standard InChI is InChI=1S/C15H10BrFO3/c16-13-9-12(5-6-14(13)17)20-11-3-1-2-10(8-11)4-7-15(18)19/h1-9H,(H,18,19)/b7-4+. The summed E-state index contributed by atoms with van der Waals surface area (Å²) in [4.78, 5) is 10.5. The summed E-state index contributed by atoms with van der Waals surface area (Å²) in [7, 11) is 0. The minimum atomic E-state index is -1.02. The number of ether oxygens (including phenoxy) is 1. The molecule has 0 saturated heterocycles. The average Bonchev–Trinajstić information content (AvgIpc) is 2.41. The molecule has 0 fully saturated rings. The Hall–Kier alpha value is -2.14. The topological polar surface area (TPSA) is 46.5 Å². The SMILES string of the molecule is O=C(O)/C=C/c1cccc(Oc2ccc(F)c(Br)c2)c1. The maximum atomic E-state index is 13.1. The second kappa shape index (κ2) is 6.34. The normalized spacial score (nSPS) is 10.7. The van der Waals surface area contributed by atoms with Crippen molar-refractivity contribution in [3.63, 3.8) is 0 Å². The van der Waals surface area contributed by atoms with Crippen molar-refractivity contribution in [1.29, 1.82) is 0 Å². The molecule has 1 N–H and O–H groups in total. The molecule has 0 atom stereocenters. The van der Waals surface area contributed by atoms with Crippen molar-refractivity contribution >= 4 is 28.0 Å². The first kappa shape index (κ1) is 14.3. The molecule has 0 aliphatic carbocycles. The minimum absolute atomic E-state index is 0.317. The predicted molar refractivity (Wildman–Crippen MR) is 77.3 cm³/mol. The fourth-order valence-corrected chi connectivity index (χ4v) is 1.88. The van der Waals surface area contributed by atoms with Crippen LogP contribution in [0, 0.1) is 5.82 Å². The van der Waals surface area contributed by atoms with Gasteiger partial charge in [-0.1, -0.05) is 12.1 Å². The average molecular weight is 337 g/mol. The predicted octanol–water partition coefficient (Wildman–Crippen LogP) is 4.48. The fourth-order valence-electron chi connectivity index (χ4n) is 1.53. The number of carboxylic acid groups (broad SMARTS) is 1. The van der Waals surface area contributed by atoms with Crippen molar-refractivity contribution in [1.82, 2.24) is 0 Å². The third-order valence-corrected chi connectivity index (χ3v) is 3.01. The Kier molecular flexibility index (Phi) is 4.53. The van der Waals surface area contributed by atoms with E-state index >= 15 is 0 Å². The second-order valence-electron chi connectivity index (χ2n) is 3.92. The third kappa shape index (κ3) is 3.93. The number of aliphatic carboxylic acids is 1. The summed E-state index contributed by atoms with van der Waals surface area (Å²) in [6.45, 7) is 0. The van der Waals surface area contributed by atoms with Gasteiger partial charge in [0.25, 0.3) is 0 Å². The van der Waals surface area contributed by atoms with Gasteiger partial charge in [-0.15, -0.1) is 0 Å². The summed E-state index contributed by atoms with van der Waals surface area (Å²) in [5.74, 6) is -0.358. The zero-order valence-electron chi connectivity index (χ0n) is 10.2. The van der Waals surface area contributed by atoms with Gasteiger partial charge in [0.2, 0.25) is 0 Å². The van der Waals surface area contributed by atoms with Crippen LogP contribution in [0.4, 0.5) is 4.39 Å². The van der Waals surface area contributed by atoms with Gasteiger partial charge in [-0.2, -0.15) is 0 Å². The Morgan fingerprint density at radius 2 is 1.95 bits per heavy atom. The van der Waals surface area contributed by atoms with Crippen LogP contribution in [0.3, 0.4) is 0 Å². The maximum Gasteiger partial charge on any atom is 0.328 e. The molecule has 20 heavy (non-hydrogen) atoms. The van der Waals surface area contributed by atoms with Crippen molar-refractivity contribution in [3.05, 3.63) is 64.4 Å². The number of halogens is 2. The molecular weight excluding hydrogens is 327 g/mol. The highest BCUT2D eigenvalue weighted by Gasteiger charge is 2.03. The van der Waals surface area contributed by atoms with E-state index in [2.05, 4.69) is 15.9 Å². The van der Waals surface area contributed by atoms with Crippen LogP contribution in [0.1, 0.15) is 5.56 Å². The monoisotopic (exact) mass is 336 g/mol. The van der Waals surface area contributed by atoms with E-state index in [-0.39, 0.29) is 5.82 Å². The molecule has 5 heteroatoms. The highest BCUT2D eigenvalue weighted by molar-refractivity contribution is 9.10. The van der Waals surface area contributed by atoms with Crippen LogP contribution in [-0.4, -0.2) is 11.1 Å². The maximum absolute atomic E-state index is 13.1. The van der Waals surface area contributed by atoms with Crippen LogP contribution in [0.15, 0.2) is 53.0 Å². The zero-order chi connectivity index (χ0) is 14.5. The Labute approximate surface area is 123 Å². The summed E-state index contributed by atoms with van der Waals surface area (Å²) < 4.78 is 19.0.